The Labute approximate surface area is 125 Å². The maximum absolute atomic E-state index is 11.2. The van der Waals surface area contributed by atoms with Crippen LogP contribution >= 0.6 is 0 Å². The van der Waals surface area contributed by atoms with Crippen LogP contribution in [0, 0.1) is 0 Å². The van der Waals surface area contributed by atoms with Crippen molar-refractivity contribution in [1.82, 2.24) is 0 Å². The molecule has 0 aliphatic rings. The lowest BCUT2D eigenvalue weighted by molar-refractivity contribution is 0.561. The summed E-state index contributed by atoms with van der Waals surface area (Å²) in [6, 6.07) is 9.25. The fraction of sp³-hybridized carbons (Fsp3) is 0.316. The van der Waals surface area contributed by atoms with Gasteiger partial charge < -0.3 is 4.42 Å². The number of hydrogen-bond acceptors (Lipinski definition) is 2. The summed E-state index contributed by atoms with van der Waals surface area (Å²) < 4.78 is 5.14. The molecule has 0 saturated carbocycles. The van der Waals surface area contributed by atoms with Crippen LogP contribution in [0.3, 0.4) is 0 Å². The van der Waals surface area contributed by atoms with Crippen molar-refractivity contribution in [2.75, 3.05) is 0 Å². The van der Waals surface area contributed by atoms with E-state index in [1.165, 1.54) is 22.8 Å². The van der Waals surface area contributed by atoms with Gasteiger partial charge in [0.05, 0.1) is 0 Å². The van der Waals surface area contributed by atoms with Crippen molar-refractivity contribution in [2.24, 2.45) is 0 Å². The molecule has 110 valence electrons. The Morgan fingerprint density at radius 3 is 2.67 bits per heavy atom. The number of hydrogen-bond donors (Lipinski definition) is 0. The quantitative estimate of drug-likeness (QED) is 0.569. The van der Waals surface area contributed by atoms with E-state index in [0.717, 1.165) is 24.6 Å². The second-order valence-corrected chi connectivity index (χ2v) is 5.70. The molecule has 1 aromatic carbocycles. The third-order valence-electron chi connectivity index (χ3n) is 3.46. The Bertz CT molecular complexity index is 729. The molecule has 0 spiro atoms. The molecule has 0 unspecified atom stereocenters. The first kappa shape index (κ1) is 15.3. The third-order valence-corrected chi connectivity index (χ3v) is 3.46. The third kappa shape index (κ3) is 4.75. The smallest absolute Gasteiger partial charge is 0.336 e. The molecule has 0 radical (unpaired) electrons. The van der Waals surface area contributed by atoms with Crippen LogP contribution < -0.4 is 5.63 Å². The molecule has 0 amide bonds. The van der Waals surface area contributed by atoms with Gasteiger partial charge in [-0.3, -0.25) is 0 Å². The van der Waals surface area contributed by atoms with Gasteiger partial charge in [0, 0.05) is 11.5 Å². The molecule has 0 aliphatic carbocycles. The number of fused-ring (bicyclic) bond motifs is 1. The van der Waals surface area contributed by atoms with E-state index in [4.69, 9.17) is 4.42 Å². The summed E-state index contributed by atoms with van der Waals surface area (Å²) in [5.74, 6) is 0. The molecule has 0 bridgehead atoms. The first-order valence-electron chi connectivity index (χ1n) is 7.36. The first-order valence-corrected chi connectivity index (χ1v) is 7.36. The normalized spacial score (nSPS) is 11.7. The van der Waals surface area contributed by atoms with Gasteiger partial charge in [-0.2, -0.15) is 0 Å². The predicted octanol–water partition coefficient (Wildman–Crippen LogP) is 5.03. The molecule has 1 aromatic heterocycles. The summed E-state index contributed by atoms with van der Waals surface area (Å²) in [5, 5.41) is 0.975. The van der Waals surface area contributed by atoms with Crippen molar-refractivity contribution >= 4 is 11.0 Å². The highest BCUT2D eigenvalue weighted by molar-refractivity contribution is 5.77. The van der Waals surface area contributed by atoms with Crippen molar-refractivity contribution in [3.63, 3.8) is 0 Å². The van der Waals surface area contributed by atoms with Crippen LogP contribution in [0.4, 0.5) is 0 Å². The molecule has 0 fully saturated rings. The lowest BCUT2D eigenvalue weighted by Crippen LogP contribution is -1.94. The van der Waals surface area contributed by atoms with E-state index in [9.17, 15) is 4.79 Å². The molecule has 0 atom stereocenters. The number of rotatable bonds is 5. The average Bonchev–Trinajstić information content (AvgIpc) is 2.44. The molecule has 21 heavy (non-hydrogen) atoms. The highest BCUT2D eigenvalue weighted by Crippen LogP contribution is 2.16. The van der Waals surface area contributed by atoms with Crippen molar-refractivity contribution in [3.8, 4) is 0 Å². The first-order chi connectivity index (χ1) is 10.0. The summed E-state index contributed by atoms with van der Waals surface area (Å²) >= 11 is 0. The molecule has 2 rings (SSSR count). The van der Waals surface area contributed by atoms with E-state index < -0.39 is 0 Å². The Kier molecular flexibility index (Phi) is 5.15. The van der Waals surface area contributed by atoms with Crippen LogP contribution in [0.1, 0.15) is 39.2 Å². The molecule has 0 N–H and O–H groups in total. The maximum atomic E-state index is 11.2. The minimum Gasteiger partial charge on any atom is -0.423 e. The Balaban J connectivity index is 2.04. The van der Waals surface area contributed by atoms with Crippen molar-refractivity contribution in [3.05, 3.63) is 69.6 Å². The van der Waals surface area contributed by atoms with Crippen LogP contribution in [0.15, 0.2) is 62.8 Å². The summed E-state index contributed by atoms with van der Waals surface area (Å²) in [5.41, 5.74) is 4.37. The molecular weight excluding hydrogens is 260 g/mol. The van der Waals surface area contributed by atoms with Gasteiger partial charge in [-0.15, -0.1) is 0 Å². The van der Waals surface area contributed by atoms with Gasteiger partial charge in [-0.25, -0.2) is 4.79 Å². The monoisotopic (exact) mass is 282 g/mol. The zero-order valence-corrected chi connectivity index (χ0v) is 13.0. The van der Waals surface area contributed by atoms with Gasteiger partial charge in [-0.05, 0) is 63.8 Å². The van der Waals surface area contributed by atoms with Crippen LogP contribution in [0.25, 0.3) is 11.0 Å². The van der Waals surface area contributed by atoms with Gasteiger partial charge in [0.15, 0.2) is 0 Å². The molecule has 2 heteroatoms. The molecule has 2 nitrogen and oxygen atoms in total. The zero-order chi connectivity index (χ0) is 15.2. The Morgan fingerprint density at radius 1 is 1.10 bits per heavy atom. The van der Waals surface area contributed by atoms with E-state index in [0.29, 0.717) is 5.58 Å². The van der Waals surface area contributed by atoms with E-state index >= 15 is 0 Å². The SMILES string of the molecule is CC(C)=CCC/C(C)=C/Cc1ccc2oc(=O)ccc2c1. The molecule has 2 aromatic rings. The van der Waals surface area contributed by atoms with Crippen LogP contribution in [0.5, 0.6) is 0 Å². The summed E-state index contributed by atoms with van der Waals surface area (Å²) in [4.78, 5) is 11.2. The average molecular weight is 282 g/mol. The molecule has 1 heterocycles. The van der Waals surface area contributed by atoms with E-state index in [1.54, 1.807) is 0 Å². The topological polar surface area (TPSA) is 30.2 Å². The minimum absolute atomic E-state index is 0.301. The van der Waals surface area contributed by atoms with Crippen molar-refractivity contribution in [1.29, 1.82) is 0 Å². The van der Waals surface area contributed by atoms with E-state index in [1.807, 2.05) is 18.2 Å². The Hall–Kier alpha value is -2.09. The van der Waals surface area contributed by atoms with E-state index in [2.05, 4.69) is 39.0 Å². The second kappa shape index (κ2) is 7.07. The molecule has 0 aliphatic heterocycles. The number of benzene rings is 1. The predicted molar refractivity (Wildman–Crippen MR) is 88.6 cm³/mol. The fourth-order valence-electron chi connectivity index (χ4n) is 2.23. The van der Waals surface area contributed by atoms with Crippen LogP contribution in [-0.4, -0.2) is 0 Å². The largest absolute Gasteiger partial charge is 0.423 e. The number of allylic oxidation sites excluding steroid dienone is 4. The Morgan fingerprint density at radius 2 is 1.90 bits per heavy atom. The van der Waals surface area contributed by atoms with Gasteiger partial charge in [-0.1, -0.05) is 29.4 Å². The summed E-state index contributed by atoms with van der Waals surface area (Å²) in [6.07, 6.45) is 7.67. The molecule has 0 saturated heterocycles. The van der Waals surface area contributed by atoms with Gasteiger partial charge in [0.25, 0.3) is 0 Å². The van der Waals surface area contributed by atoms with Gasteiger partial charge in [0.1, 0.15) is 5.58 Å². The summed E-state index contributed by atoms with van der Waals surface area (Å²) in [7, 11) is 0. The van der Waals surface area contributed by atoms with Crippen molar-refractivity contribution in [2.45, 2.75) is 40.0 Å². The lowest BCUT2D eigenvalue weighted by Gasteiger charge is -2.02. The van der Waals surface area contributed by atoms with Crippen LogP contribution in [-0.2, 0) is 6.42 Å². The van der Waals surface area contributed by atoms with Gasteiger partial charge in [0.2, 0.25) is 0 Å². The molecular formula is C19H22O2. The van der Waals surface area contributed by atoms with Crippen molar-refractivity contribution < 1.29 is 4.42 Å². The standard InChI is InChI=1S/C19H22O2/c1-14(2)5-4-6-15(3)7-8-16-9-11-18-17(13-16)10-12-19(20)21-18/h5,7,9-13H,4,6,8H2,1-3H3/b15-7+. The lowest BCUT2D eigenvalue weighted by atomic mass is 10.0. The second-order valence-electron chi connectivity index (χ2n) is 5.70. The highest BCUT2D eigenvalue weighted by atomic mass is 16.4. The zero-order valence-electron chi connectivity index (χ0n) is 13.0. The van der Waals surface area contributed by atoms with Gasteiger partial charge >= 0.3 is 5.63 Å². The summed E-state index contributed by atoms with van der Waals surface area (Å²) in [6.45, 7) is 6.44. The maximum Gasteiger partial charge on any atom is 0.336 e. The van der Waals surface area contributed by atoms with E-state index in [-0.39, 0.29) is 5.63 Å². The minimum atomic E-state index is -0.301. The van der Waals surface area contributed by atoms with Crippen LogP contribution in [0.2, 0.25) is 0 Å². The highest BCUT2D eigenvalue weighted by Gasteiger charge is 1.99. The fourth-order valence-corrected chi connectivity index (χ4v) is 2.23.